The number of halogens is 1. The van der Waals surface area contributed by atoms with Crippen LogP contribution in [-0.4, -0.2) is 37.7 Å². The Kier molecular flexibility index (Phi) is 7.53. The molecular formula is C27H26ClN5O2S. The zero-order valence-corrected chi connectivity index (χ0v) is 21.2. The molecule has 9 heteroatoms. The molecule has 0 unspecified atom stereocenters. The summed E-state index contributed by atoms with van der Waals surface area (Å²) in [6.07, 6.45) is 7.19. The van der Waals surface area contributed by atoms with Gasteiger partial charge in [-0.2, -0.15) is 5.10 Å². The fourth-order valence-electron chi connectivity index (χ4n) is 4.59. The number of phenols is 1. The number of hydrogen-bond acceptors (Lipinski definition) is 6. The van der Waals surface area contributed by atoms with Crippen molar-refractivity contribution < 1.29 is 9.90 Å². The number of phenolic OH excluding ortho intramolecular Hbond substituents is 1. The van der Waals surface area contributed by atoms with Crippen LogP contribution in [0.5, 0.6) is 5.75 Å². The van der Waals surface area contributed by atoms with Crippen molar-refractivity contribution in [1.82, 2.24) is 20.2 Å². The van der Waals surface area contributed by atoms with Gasteiger partial charge in [0.05, 0.1) is 12.0 Å². The quantitative estimate of drug-likeness (QED) is 0.172. The first-order valence-corrected chi connectivity index (χ1v) is 13.3. The Morgan fingerprint density at radius 3 is 2.67 bits per heavy atom. The summed E-state index contributed by atoms with van der Waals surface area (Å²) in [6.45, 7) is 0. The van der Waals surface area contributed by atoms with Crippen molar-refractivity contribution in [3.63, 3.8) is 0 Å². The van der Waals surface area contributed by atoms with Crippen LogP contribution in [0.25, 0.3) is 22.2 Å². The molecule has 5 rings (SSSR count). The van der Waals surface area contributed by atoms with Gasteiger partial charge in [-0.1, -0.05) is 73.0 Å². The average molecular weight is 520 g/mol. The minimum Gasteiger partial charge on any atom is -0.507 e. The number of nitrogens with zero attached hydrogens (tertiary/aromatic N) is 4. The topological polar surface area (TPSA) is 92.4 Å². The average Bonchev–Trinajstić information content (AvgIpc) is 3.33. The van der Waals surface area contributed by atoms with E-state index in [1.807, 2.05) is 54.6 Å². The lowest BCUT2D eigenvalue weighted by Crippen LogP contribution is -2.20. The monoisotopic (exact) mass is 519 g/mol. The maximum Gasteiger partial charge on any atom is 0.250 e. The first-order chi connectivity index (χ1) is 17.6. The third-order valence-corrected chi connectivity index (χ3v) is 7.56. The molecule has 0 atom stereocenters. The summed E-state index contributed by atoms with van der Waals surface area (Å²) in [5.41, 5.74) is 4.08. The Morgan fingerprint density at radius 2 is 1.86 bits per heavy atom. The minimum absolute atomic E-state index is 0.108. The molecule has 7 nitrogen and oxygen atoms in total. The lowest BCUT2D eigenvalue weighted by molar-refractivity contribution is -0.118. The summed E-state index contributed by atoms with van der Waals surface area (Å²) in [5.74, 6) is 0.786. The Labute approximate surface area is 218 Å². The first kappa shape index (κ1) is 24.3. The molecule has 0 saturated heterocycles. The highest BCUT2D eigenvalue weighted by Gasteiger charge is 2.24. The van der Waals surface area contributed by atoms with Crippen LogP contribution >= 0.6 is 23.4 Å². The van der Waals surface area contributed by atoms with E-state index in [4.69, 9.17) is 11.6 Å². The molecule has 1 heterocycles. The molecule has 1 amide bonds. The number of amides is 1. The van der Waals surface area contributed by atoms with Crippen molar-refractivity contribution in [2.75, 3.05) is 5.75 Å². The number of aromatic nitrogens is 3. The molecular weight excluding hydrogens is 494 g/mol. The van der Waals surface area contributed by atoms with E-state index in [0.29, 0.717) is 16.6 Å². The molecule has 2 N–H and O–H groups in total. The smallest absolute Gasteiger partial charge is 0.250 e. The molecule has 4 aromatic rings. The van der Waals surface area contributed by atoms with Crippen LogP contribution in [0.1, 0.15) is 43.7 Å². The van der Waals surface area contributed by atoms with E-state index < -0.39 is 0 Å². The van der Waals surface area contributed by atoms with Gasteiger partial charge in [-0.3, -0.25) is 9.36 Å². The standard InChI is InChI=1S/C27H26ClN5O2S/c28-20-13-10-19(11-14-20)26-31-32-27(33(26)21-7-2-1-3-8-21)36-17-25(35)30-29-16-23-22-9-5-4-6-18(22)12-15-24(23)34/h4-6,9-16,21,34H,1-3,7-8,17H2,(H,30,35)/b29-16-. The van der Waals surface area contributed by atoms with E-state index in [1.165, 1.54) is 37.2 Å². The van der Waals surface area contributed by atoms with Gasteiger partial charge in [0.1, 0.15) is 5.75 Å². The normalized spacial score (nSPS) is 14.5. The van der Waals surface area contributed by atoms with E-state index in [2.05, 4.69) is 25.3 Å². The number of fused-ring (bicyclic) bond motifs is 1. The Morgan fingerprint density at radius 1 is 1.08 bits per heavy atom. The van der Waals surface area contributed by atoms with Gasteiger partial charge in [0, 0.05) is 22.2 Å². The molecule has 0 aliphatic heterocycles. The SMILES string of the molecule is O=C(CSc1nnc(-c2ccc(Cl)cc2)n1C1CCCCC1)N/N=C\c1c(O)ccc2ccccc12. The summed E-state index contributed by atoms with van der Waals surface area (Å²) in [5, 5.41) is 26.5. The summed E-state index contributed by atoms with van der Waals surface area (Å²) in [4.78, 5) is 12.6. The van der Waals surface area contributed by atoms with E-state index in [1.54, 1.807) is 6.07 Å². The van der Waals surface area contributed by atoms with Crippen molar-refractivity contribution in [2.45, 2.75) is 43.3 Å². The number of carbonyl (C=O) groups is 1. The van der Waals surface area contributed by atoms with Crippen LogP contribution in [0.3, 0.4) is 0 Å². The number of benzene rings is 3. The Balaban J connectivity index is 1.29. The lowest BCUT2D eigenvalue weighted by Gasteiger charge is -2.25. The van der Waals surface area contributed by atoms with Gasteiger partial charge < -0.3 is 5.11 Å². The third kappa shape index (κ3) is 5.39. The highest BCUT2D eigenvalue weighted by Crippen LogP contribution is 2.35. The van der Waals surface area contributed by atoms with Gasteiger partial charge in [0.2, 0.25) is 0 Å². The minimum atomic E-state index is -0.262. The zero-order valence-electron chi connectivity index (χ0n) is 19.6. The molecule has 0 bridgehead atoms. The van der Waals surface area contributed by atoms with Gasteiger partial charge in [-0.15, -0.1) is 10.2 Å². The van der Waals surface area contributed by atoms with E-state index in [-0.39, 0.29) is 17.4 Å². The second kappa shape index (κ2) is 11.1. The molecule has 0 radical (unpaired) electrons. The van der Waals surface area contributed by atoms with Gasteiger partial charge in [-0.05, 0) is 53.9 Å². The van der Waals surface area contributed by atoms with Crippen LogP contribution in [0.4, 0.5) is 0 Å². The molecule has 3 aromatic carbocycles. The number of thioether (sulfide) groups is 1. The molecule has 36 heavy (non-hydrogen) atoms. The number of hydrogen-bond donors (Lipinski definition) is 2. The Hall–Kier alpha value is -3.36. The van der Waals surface area contributed by atoms with Crippen molar-refractivity contribution in [3.8, 4) is 17.1 Å². The number of carbonyl (C=O) groups excluding carboxylic acids is 1. The summed E-state index contributed by atoms with van der Waals surface area (Å²) >= 11 is 7.43. The summed E-state index contributed by atoms with van der Waals surface area (Å²) < 4.78 is 2.18. The molecule has 0 spiro atoms. The third-order valence-electron chi connectivity index (χ3n) is 6.37. The summed E-state index contributed by atoms with van der Waals surface area (Å²) in [6, 6.07) is 19.1. The van der Waals surface area contributed by atoms with Crippen LogP contribution in [0, 0.1) is 0 Å². The molecule has 1 saturated carbocycles. The number of hydrazone groups is 1. The highest BCUT2D eigenvalue weighted by molar-refractivity contribution is 7.99. The van der Waals surface area contributed by atoms with Crippen molar-refractivity contribution in [2.24, 2.45) is 5.10 Å². The molecule has 1 aliphatic rings. The van der Waals surface area contributed by atoms with Crippen molar-refractivity contribution >= 4 is 46.3 Å². The van der Waals surface area contributed by atoms with Crippen LogP contribution in [0.15, 0.2) is 70.9 Å². The highest BCUT2D eigenvalue weighted by atomic mass is 35.5. The second-order valence-electron chi connectivity index (χ2n) is 8.78. The maximum absolute atomic E-state index is 12.6. The van der Waals surface area contributed by atoms with Gasteiger partial charge in [0.25, 0.3) is 5.91 Å². The lowest BCUT2D eigenvalue weighted by atomic mass is 9.95. The summed E-state index contributed by atoms with van der Waals surface area (Å²) in [7, 11) is 0. The number of nitrogens with one attached hydrogen (secondary N) is 1. The largest absolute Gasteiger partial charge is 0.507 e. The van der Waals surface area contributed by atoms with Gasteiger partial charge in [0.15, 0.2) is 11.0 Å². The van der Waals surface area contributed by atoms with Gasteiger partial charge >= 0.3 is 0 Å². The van der Waals surface area contributed by atoms with Gasteiger partial charge in [-0.25, -0.2) is 5.43 Å². The van der Waals surface area contributed by atoms with E-state index in [9.17, 15) is 9.90 Å². The van der Waals surface area contributed by atoms with Crippen LogP contribution in [-0.2, 0) is 4.79 Å². The Bertz CT molecular complexity index is 1400. The van der Waals surface area contributed by atoms with Crippen LogP contribution < -0.4 is 5.43 Å². The predicted molar refractivity (Wildman–Crippen MR) is 145 cm³/mol. The second-order valence-corrected chi connectivity index (χ2v) is 10.2. The first-order valence-electron chi connectivity index (χ1n) is 12.0. The fourth-order valence-corrected chi connectivity index (χ4v) is 5.51. The maximum atomic E-state index is 12.6. The molecule has 184 valence electrons. The van der Waals surface area contributed by atoms with Crippen molar-refractivity contribution in [1.29, 1.82) is 0 Å². The zero-order chi connectivity index (χ0) is 24.9. The van der Waals surface area contributed by atoms with Crippen molar-refractivity contribution in [3.05, 3.63) is 71.2 Å². The molecule has 1 fully saturated rings. The van der Waals surface area contributed by atoms with E-state index >= 15 is 0 Å². The number of rotatable bonds is 7. The van der Waals surface area contributed by atoms with E-state index in [0.717, 1.165) is 40.2 Å². The fraction of sp³-hybridized carbons (Fsp3) is 0.259. The molecule has 1 aromatic heterocycles. The number of aromatic hydroxyl groups is 1. The molecule has 1 aliphatic carbocycles. The van der Waals surface area contributed by atoms with Crippen LogP contribution in [0.2, 0.25) is 5.02 Å². The predicted octanol–water partition coefficient (Wildman–Crippen LogP) is 6.20.